The summed E-state index contributed by atoms with van der Waals surface area (Å²) in [7, 11) is 0. The van der Waals surface area contributed by atoms with Crippen LogP contribution in [0.2, 0.25) is 0 Å². The minimum atomic E-state index is -0.616. The zero-order valence-corrected chi connectivity index (χ0v) is 13.6. The molecule has 120 valence electrons. The van der Waals surface area contributed by atoms with Crippen LogP contribution >= 0.6 is 11.8 Å². The van der Waals surface area contributed by atoms with Crippen molar-refractivity contribution < 1.29 is 13.6 Å². The Morgan fingerprint density at radius 3 is 2.39 bits per heavy atom. The van der Waals surface area contributed by atoms with Gasteiger partial charge in [0.1, 0.15) is 17.0 Å². The van der Waals surface area contributed by atoms with E-state index in [2.05, 4.69) is 6.92 Å². The van der Waals surface area contributed by atoms with Gasteiger partial charge in [0.2, 0.25) is 5.91 Å². The Balaban J connectivity index is 1.87. The molecule has 2 aromatic carbocycles. The zero-order chi connectivity index (χ0) is 16.4. The maximum atomic E-state index is 13.9. The van der Waals surface area contributed by atoms with E-state index in [9.17, 15) is 13.6 Å². The molecule has 0 spiro atoms. The van der Waals surface area contributed by atoms with Crippen molar-refractivity contribution in [3.63, 3.8) is 0 Å². The van der Waals surface area contributed by atoms with Gasteiger partial charge in [0.05, 0.1) is 12.3 Å². The van der Waals surface area contributed by atoms with E-state index in [1.165, 1.54) is 35.5 Å². The molecule has 1 amide bonds. The van der Waals surface area contributed by atoms with Gasteiger partial charge in [-0.3, -0.25) is 4.79 Å². The number of carbonyl (C=O) groups excluding carboxylic acids is 1. The SMILES string of the molecule is CCc1ccc(C2SCC(=O)N2Cc2c(F)cccc2F)cc1. The van der Waals surface area contributed by atoms with E-state index in [1.54, 1.807) is 4.90 Å². The van der Waals surface area contributed by atoms with Crippen LogP contribution in [0.4, 0.5) is 8.78 Å². The van der Waals surface area contributed by atoms with Crippen LogP contribution in [0.25, 0.3) is 0 Å². The molecule has 1 heterocycles. The number of aryl methyl sites for hydroxylation is 1. The molecule has 0 radical (unpaired) electrons. The number of hydrogen-bond donors (Lipinski definition) is 0. The first-order valence-electron chi connectivity index (χ1n) is 7.53. The van der Waals surface area contributed by atoms with E-state index >= 15 is 0 Å². The van der Waals surface area contributed by atoms with Crippen LogP contribution in [0.15, 0.2) is 42.5 Å². The molecular formula is C18H17F2NOS. The highest BCUT2D eigenvalue weighted by molar-refractivity contribution is 8.00. The Hall–Kier alpha value is -1.88. The molecule has 5 heteroatoms. The number of benzene rings is 2. The fraction of sp³-hybridized carbons (Fsp3) is 0.278. The average molecular weight is 333 g/mol. The van der Waals surface area contributed by atoms with Gasteiger partial charge in [-0.25, -0.2) is 8.78 Å². The lowest BCUT2D eigenvalue weighted by Gasteiger charge is -2.25. The number of thioether (sulfide) groups is 1. The van der Waals surface area contributed by atoms with Gasteiger partial charge in [0.25, 0.3) is 0 Å². The van der Waals surface area contributed by atoms with Crippen LogP contribution in [0.5, 0.6) is 0 Å². The Bertz CT molecular complexity index is 697. The third-order valence-corrected chi connectivity index (χ3v) is 5.29. The monoisotopic (exact) mass is 333 g/mol. The van der Waals surface area contributed by atoms with Crippen molar-refractivity contribution in [3.05, 3.63) is 70.8 Å². The summed E-state index contributed by atoms with van der Waals surface area (Å²) in [5.41, 5.74) is 2.14. The summed E-state index contributed by atoms with van der Waals surface area (Å²) in [6.07, 6.45) is 0.946. The molecule has 0 aliphatic carbocycles. The first-order valence-corrected chi connectivity index (χ1v) is 8.58. The molecule has 0 N–H and O–H groups in total. The molecule has 23 heavy (non-hydrogen) atoms. The third-order valence-electron chi connectivity index (χ3n) is 4.03. The van der Waals surface area contributed by atoms with Crippen LogP contribution in [0.1, 0.15) is 29.0 Å². The van der Waals surface area contributed by atoms with Gasteiger partial charge < -0.3 is 4.90 Å². The van der Waals surface area contributed by atoms with Gasteiger partial charge >= 0.3 is 0 Å². The molecule has 0 saturated carbocycles. The van der Waals surface area contributed by atoms with Crippen molar-refractivity contribution >= 4 is 17.7 Å². The molecule has 2 aromatic rings. The predicted octanol–water partition coefficient (Wildman–Crippen LogP) is 4.30. The van der Waals surface area contributed by atoms with Crippen LogP contribution in [0, 0.1) is 11.6 Å². The van der Waals surface area contributed by atoms with Gasteiger partial charge in [-0.15, -0.1) is 11.8 Å². The van der Waals surface area contributed by atoms with E-state index in [4.69, 9.17) is 0 Å². The quantitative estimate of drug-likeness (QED) is 0.831. The van der Waals surface area contributed by atoms with E-state index in [0.717, 1.165) is 12.0 Å². The second-order valence-electron chi connectivity index (χ2n) is 5.48. The summed E-state index contributed by atoms with van der Waals surface area (Å²) in [5, 5.41) is -0.201. The molecule has 1 aliphatic rings. The van der Waals surface area contributed by atoms with Gasteiger partial charge in [-0.2, -0.15) is 0 Å². The summed E-state index contributed by atoms with van der Waals surface area (Å²) in [6.45, 7) is 2.03. The molecular weight excluding hydrogens is 316 g/mol. The summed E-state index contributed by atoms with van der Waals surface area (Å²) in [5.74, 6) is -0.997. The normalized spacial score (nSPS) is 17.8. The highest BCUT2D eigenvalue weighted by atomic mass is 32.2. The van der Waals surface area contributed by atoms with Crippen LogP contribution in [0.3, 0.4) is 0 Å². The maximum Gasteiger partial charge on any atom is 0.234 e. The topological polar surface area (TPSA) is 20.3 Å². The zero-order valence-electron chi connectivity index (χ0n) is 12.8. The molecule has 0 aromatic heterocycles. The van der Waals surface area contributed by atoms with Crippen LogP contribution in [-0.2, 0) is 17.8 Å². The van der Waals surface area contributed by atoms with Crippen molar-refractivity contribution in [3.8, 4) is 0 Å². The molecule has 0 bridgehead atoms. The lowest BCUT2D eigenvalue weighted by molar-refractivity contribution is -0.128. The van der Waals surface area contributed by atoms with Crippen molar-refractivity contribution in [2.45, 2.75) is 25.3 Å². The Morgan fingerprint density at radius 2 is 1.78 bits per heavy atom. The standard InChI is InChI=1S/C18H17F2NOS/c1-2-12-6-8-13(9-7-12)18-21(17(22)11-23-18)10-14-15(19)4-3-5-16(14)20/h3-9,18H,2,10-11H2,1H3. The lowest BCUT2D eigenvalue weighted by atomic mass is 10.1. The number of carbonyl (C=O) groups is 1. The highest BCUT2D eigenvalue weighted by Crippen LogP contribution is 2.40. The first kappa shape index (κ1) is 16.0. The molecule has 1 aliphatic heterocycles. The minimum absolute atomic E-state index is 0.0511. The molecule has 1 unspecified atom stereocenters. The molecule has 1 saturated heterocycles. The van der Waals surface area contributed by atoms with Gasteiger partial charge in [-0.05, 0) is 29.7 Å². The van der Waals surface area contributed by atoms with E-state index in [-0.39, 0.29) is 23.4 Å². The number of hydrogen-bond acceptors (Lipinski definition) is 2. The summed E-state index contributed by atoms with van der Waals surface area (Å²) < 4.78 is 27.7. The number of amides is 1. The fourth-order valence-electron chi connectivity index (χ4n) is 2.67. The molecule has 3 rings (SSSR count). The number of nitrogens with zero attached hydrogens (tertiary/aromatic N) is 1. The van der Waals surface area contributed by atoms with Crippen LogP contribution in [-0.4, -0.2) is 16.6 Å². The van der Waals surface area contributed by atoms with Crippen molar-refractivity contribution in [2.24, 2.45) is 0 Å². The van der Waals surface area contributed by atoms with E-state index < -0.39 is 11.6 Å². The largest absolute Gasteiger partial charge is 0.321 e. The first-order chi connectivity index (χ1) is 11.1. The Labute approximate surface area is 138 Å². The fourth-order valence-corrected chi connectivity index (χ4v) is 3.86. The predicted molar refractivity (Wildman–Crippen MR) is 87.9 cm³/mol. The minimum Gasteiger partial charge on any atom is -0.321 e. The van der Waals surface area contributed by atoms with Crippen molar-refractivity contribution in [1.29, 1.82) is 0 Å². The van der Waals surface area contributed by atoms with E-state index in [0.29, 0.717) is 5.75 Å². The van der Waals surface area contributed by atoms with Crippen LogP contribution < -0.4 is 0 Å². The van der Waals surface area contributed by atoms with Gasteiger partial charge in [0.15, 0.2) is 0 Å². The Kier molecular flexibility index (Phi) is 4.66. The number of halogens is 2. The average Bonchev–Trinajstić information content (AvgIpc) is 2.92. The third kappa shape index (κ3) is 3.24. The van der Waals surface area contributed by atoms with Gasteiger partial charge in [-0.1, -0.05) is 37.3 Å². The Morgan fingerprint density at radius 1 is 1.13 bits per heavy atom. The summed E-state index contributed by atoms with van der Waals surface area (Å²) in [4.78, 5) is 13.7. The van der Waals surface area contributed by atoms with Gasteiger partial charge in [0, 0.05) is 5.56 Å². The molecule has 1 fully saturated rings. The number of rotatable bonds is 4. The summed E-state index contributed by atoms with van der Waals surface area (Å²) >= 11 is 1.49. The smallest absolute Gasteiger partial charge is 0.234 e. The van der Waals surface area contributed by atoms with E-state index in [1.807, 2.05) is 24.3 Å². The molecule has 2 nitrogen and oxygen atoms in total. The van der Waals surface area contributed by atoms with Crippen molar-refractivity contribution in [2.75, 3.05) is 5.75 Å². The second kappa shape index (κ2) is 6.71. The lowest BCUT2D eigenvalue weighted by Crippen LogP contribution is -2.28. The maximum absolute atomic E-state index is 13.9. The van der Waals surface area contributed by atoms with Crippen molar-refractivity contribution in [1.82, 2.24) is 4.90 Å². The second-order valence-corrected chi connectivity index (χ2v) is 6.55. The molecule has 1 atom stereocenters. The summed E-state index contributed by atoms with van der Waals surface area (Å²) in [6, 6.07) is 11.8. The highest BCUT2D eigenvalue weighted by Gasteiger charge is 2.33.